The van der Waals surface area contributed by atoms with Crippen molar-refractivity contribution in [3.05, 3.63) is 87.3 Å². The van der Waals surface area contributed by atoms with Crippen LogP contribution in [0.3, 0.4) is 0 Å². The molecule has 0 radical (unpaired) electrons. The second kappa shape index (κ2) is 8.19. The van der Waals surface area contributed by atoms with E-state index in [1.807, 2.05) is 32.2 Å². The van der Waals surface area contributed by atoms with Crippen molar-refractivity contribution in [1.29, 1.82) is 0 Å². The number of nitrogens with one attached hydrogen (secondary N) is 1. The summed E-state index contributed by atoms with van der Waals surface area (Å²) in [6.45, 7) is 1.96. The number of carbonyl (C=O) groups is 1. The lowest BCUT2D eigenvalue weighted by Gasteiger charge is -2.09. The van der Waals surface area contributed by atoms with Crippen LogP contribution >= 0.6 is 23.2 Å². The van der Waals surface area contributed by atoms with Crippen molar-refractivity contribution in [2.24, 2.45) is 7.05 Å². The van der Waals surface area contributed by atoms with Crippen LogP contribution in [0.4, 0.5) is 5.69 Å². The summed E-state index contributed by atoms with van der Waals surface area (Å²) in [5.41, 5.74) is 4.32. The van der Waals surface area contributed by atoms with Gasteiger partial charge in [-0.05, 0) is 36.8 Å². The molecule has 0 aliphatic rings. The molecule has 4 rings (SSSR count). The third kappa shape index (κ3) is 3.88. The number of anilines is 1. The van der Waals surface area contributed by atoms with Gasteiger partial charge < -0.3 is 5.32 Å². The molecule has 0 atom stereocenters. The van der Waals surface area contributed by atoms with E-state index in [4.69, 9.17) is 23.2 Å². The topological polar surface area (TPSA) is 59.8 Å². The maximum Gasteiger partial charge on any atom is 0.258 e. The molecule has 30 heavy (non-hydrogen) atoms. The van der Waals surface area contributed by atoms with Crippen LogP contribution in [0.1, 0.15) is 27.0 Å². The monoisotopic (exact) mass is 434 g/mol. The van der Waals surface area contributed by atoms with E-state index in [0.717, 1.165) is 27.6 Å². The van der Waals surface area contributed by atoms with E-state index < -0.39 is 0 Å². The van der Waals surface area contributed by atoms with Crippen LogP contribution in [-0.4, -0.2) is 20.7 Å². The van der Waals surface area contributed by atoms with E-state index in [2.05, 4.69) is 27.2 Å². The van der Waals surface area contributed by atoms with Gasteiger partial charge in [0.25, 0.3) is 5.91 Å². The minimum Gasteiger partial charge on any atom is -0.322 e. The highest BCUT2D eigenvalue weighted by atomic mass is 35.5. The van der Waals surface area contributed by atoms with Gasteiger partial charge in [0.2, 0.25) is 0 Å². The maximum absolute atomic E-state index is 12.6. The maximum atomic E-state index is 12.6. The first-order valence-electron chi connectivity index (χ1n) is 9.08. The Morgan fingerprint density at radius 1 is 1.03 bits per heavy atom. The smallest absolute Gasteiger partial charge is 0.258 e. The second-order valence-electron chi connectivity index (χ2n) is 6.72. The number of amides is 1. The molecule has 0 fully saturated rings. The molecule has 0 aliphatic carbocycles. The molecule has 2 heterocycles. The summed E-state index contributed by atoms with van der Waals surface area (Å²) in [6, 6.07) is 10.5. The lowest BCUT2D eigenvalue weighted by molar-refractivity contribution is 0.102. The number of carbonyl (C=O) groups excluding carboxylic acids is 1. The summed E-state index contributed by atoms with van der Waals surface area (Å²) in [5.74, 6) is 5.97. The van der Waals surface area contributed by atoms with E-state index >= 15 is 0 Å². The van der Waals surface area contributed by atoms with Gasteiger partial charge in [0.15, 0.2) is 0 Å². The van der Waals surface area contributed by atoms with Crippen molar-refractivity contribution in [3.63, 3.8) is 0 Å². The predicted octanol–water partition coefficient (Wildman–Crippen LogP) is 5.24. The number of aromatic nitrogens is 3. The highest BCUT2D eigenvalue weighted by molar-refractivity contribution is 6.40. The minimum atomic E-state index is -0.377. The molecular formula is C23H16Cl2N4O. The number of hydrogen-bond acceptors (Lipinski definition) is 3. The van der Waals surface area contributed by atoms with Gasteiger partial charge in [-0.25, -0.2) is 0 Å². The first-order chi connectivity index (χ1) is 14.4. The van der Waals surface area contributed by atoms with Crippen LogP contribution in [0.5, 0.6) is 0 Å². The van der Waals surface area contributed by atoms with E-state index in [9.17, 15) is 4.79 Å². The van der Waals surface area contributed by atoms with E-state index in [1.165, 1.54) is 0 Å². The second-order valence-corrected chi connectivity index (χ2v) is 7.53. The number of aryl methyl sites for hydroxylation is 2. The fraction of sp³-hybridized carbons (Fsp3) is 0.0870. The van der Waals surface area contributed by atoms with Gasteiger partial charge in [0, 0.05) is 29.9 Å². The summed E-state index contributed by atoms with van der Waals surface area (Å²) in [7, 11) is 1.86. The lowest BCUT2D eigenvalue weighted by atomic mass is 10.1. The summed E-state index contributed by atoms with van der Waals surface area (Å²) in [4.78, 5) is 16.9. The zero-order chi connectivity index (χ0) is 21.3. The largest absolute Gasteiger partial charge is 0.322 e. The van der Waals surface area contributed by atoms with Crippen molar-refractivity contribution >= 4 is 45.7 Å². The first kappa shape index (κ1) is 20.0. The van der Waals surface area contributed by atoms with Gasteiger partial charge >= 0.3 is 0 Å². The van der Waals surface area contributed by atoms with Crippen molar-refractivity contribution in [2.75, 3.05) is 5.32 Å². The van der Waals surface area contributed by atoms with Gasteiger partial charge in [-0.15, -0.1) is 0 Å². The molecule has 7 heteroatoms. The Morgan fingerprint density at radius 3 is 2.53 bits per heavy atom. The van der Waals surface area contributed by atoms with Crippen LogP contribution in [0.25, 0.3) is 10.9 Å². The Kier molecular flexibility index (Phi) is 5.45. The summed E-state index contributed by atoms with van der Waals surface area (Å²) >= 11 is 12.3. The molecule has 1 N–H and O–H groups in total. The van der Waals surface area contributed by atoms with Crippen molar-refractivity contribution in [2.45, 2.75) is 6.92 Å². The van der Waals surface area contributed by atoms with Crippen LogP contribution in [0.15, 0.2) is 55.0 Å². The number of rotatable bonds is 2. The quantitative estimate of drug-likeness (QED) is 0.439. The van der Waals surface area contributed by atoms with Gasteiger partial charge in [-0.1, -0.05) is 47.2 Å². The normalized spacial score (nSPS) is 10.5. The molecule has 0 unspecified atom stereocenters. The number of nitrogens with zero attached hydrogens (tertiary/aromatic N) is 3. The van der Waals surface area contributed by atoms with Gasteiger partial charge in [-0.3, -0.25) is 14.5 Å². The molecule has 0 saturated carbocycles. The summed E-state index contributed by atoms with van der Waals surface area (Å²) in [5, 5.41) is 8.63. The third-order valence-electron chi connectivity index (χ3n) is 4.69. The molecule has 2 aromatic carbocycles. The van der Waals surface area contributed by atoms with Gasteiger partial charge in [0.05, 0.1) is 39.1 Å². The molecule has 2 aromatic heterocycles. The molecular weight excluding hydrogens is 419 g/mol. The Labute approximate surface area is 183 Å². The number of fused-ring (bicyclic) bond motifs is 1. The Bertz CT molecular complexity index is 1330. The van der Waals surface area contributed by atoms with Crippen molar-refractivity contribution in [1.82, 2.24) is 14.8 Å². The standard InChI is InChI=1S/C23H16Cl2N4O/c1-14-6-9-17(28-23(30)22-19(24)4-3-5-20(22)25)10-15(14)7-8-16-11-26-13-21-18(16)12-27-29(21)2/h3-6,9-13H,1-2H3,(H,28,30). The zero-order valence-corrected chi connectivity index (χ0v) is 17.7. The molecule has 1 amide bonds. The first-order valence-corrected chi connectivity index (χ1v) is 9.83. The molecule has 4 aromatic rings. The highest BCUT2D eigenvalue weighted by Crippen LogP contribution is 2.26. The van der Waals surface area contributed by atoms with Gasteiger partial charge in [0.1, 0.15) is 0 Å². The zero-order valence-electron chi connectivity index (χ0n) is 16.2. The van der Waals surface area contributed by atoms with E-state index in [0.29, 0.717) is 15.7 Å². The Morgan fingerprint density at radius 2 is 1.77 bits per heavy atom. The molecule has 0 saturated heterocycles. The van der Waals surface area contributed by atoms with Crippen LogP contribution in [0, 0.1) is 18.8 Å². The highest BCUT2D eigenvalue weighted by Gasteiger charge is 2.15. The Balaban J connectivity index is 1.65. The fourth-order valence-electron chi connectivity index (χ4n) is 3.04. The Hall–Kier alpha value is -3.33. The average Bonchev–Trinajstić information content (AvgIpc) is 3.10. The lowest BCUT2D eigenvalue weighted by Crippen LogP contribution is -2.13. The number of hydrogen-bond donors (Lipinski definition) is 1. The summed E-state index contributed by atoms with van der Waals surface area (Å²) < 4.78 is 1.76. The van der Waals surface area contributed by atoms with Crippen LogP contribution in [-0.2, 0) is 7.05 Å². The number of pyridine rings is 1. The number of halogens is 2. The third-order valence-corrected chi connectivity index (χ3v) is 5.32. The molecule has 5 nitrogen and oxygen atoms in total. The summed E-state index contributed by atoms with van der Waals surface area (Å²) in [6.07, 6.45) is 5.25. The molecule has 148 valence electrons. The van der Waals surface area contributed by atoms with Crippen molar-refractivity contribution in [3.8, 4) is 11.8 Å². The fourth-order valence-corrected chi connectivity index (χ4v) is 3.61. The molecule has 0 bridgehead atoms. The van der Waals surface area contributed by atoms with Crippen LogP contribution in [0.2, 0.25) is 10.0 Å². The van der Waals surface area contributed by atoms with Crippen molar-refractivity contribution < 1.29 is 4.79 Å². The molecule has 0 spiro atoms. The number of benzene rings is 2. The minimum absolute atomic E-state index is 0.239. The SMILES string of the molecule is Cc1ccc(NC(=O)c2c(Cl)cccc2Cl)cc1C#Cc1cncc2c1cnn2C. The van der Waals surface area contributed by atoms with E-state index in [-0.39, 0.29) is 11.5 Å². The molecule has 0 aliphatic heterocycles. The van der Waals surface area contributed by atoms with Crippen LogP contribution < -0.4 is 5.32 Å². The van der Waals surface area contributed by atoms with E-state index in [1.54, 1.807) is 41.5 Å². The predicted molar refractivity (Wildman–Crippen MR) is 120 cm³/mol. The van der Waals surface area contributed by atoms with Gasteiger partial charge in [-0.2, -0.15) is 5.10 Å². The average molecular weight is 435 g/mol.